The molecule has 0 aliphatic heterocycles. The molecule has 1 atom stereocenters. The molecule has 1 aromatic carbocycles. The SMILES string of the molecule is CN(CCOc1ccccc1)C(=O)C(C)(N)C1CC1. The van der Waals surface area contributed by atoms with Crippen LogP contribution in [0.3, 0.4) is 0 Å². The molecule has 0 bridgehead atoms. The van der Waals surface area contributed by atoms with Gasteiger partial charge >= 0.3 is 0 Å². The fraction of sp³-hybridized carbons (Fsp3) is 0.533. The van der Waals surface area contributed by atoms with Crippen molar-refractivity contribution in [3.63, 3.8) is 0 Å². The van der Waals surface area contributed by atoms with E-state index in [1.54, 1.807) is 11.9 Å². The molecule has 1 amide bonds. The summed E-state index contributed by atoms with van der Waals surface area (Å²) in [5, 5.41) is 0. The van der Waals surface area contributed by atoms with Gasteiger partial charge in [0.05, 0.1) is 12.1 Å². The number of carbonyl (C=O) groups excluding carboxylic acids is 1. The predicted octanol–water partition coefficient (Wildman–Crippen LogP) is 1.65. The monoisotopic (exact) mass is 262 g/mol. The van der Waals surface area contributed by atoms with Crippen molar-refractivity contribution >= 4 is 5.91 Å². The zero-order chi connectivity index (χ0) is 13.9. The quantitative estimate of drug-likeness (QED) is 0.848. The Morgan fingerprint density at radius 1 is 1.42 bits per heavy atom. The molecule has 2 rings (SSSR count). The van der Waals surface area contributed by atoms with Crippen LogP contribution in [0.15, 0.2) is 30.3 Å². The van der Waals surface area contributed by atoms with Gasteiger partial charge in [0.15, 0.2) is 0 Å². The summed E-state index contributed by atoms with van der Waals surface area (Å²) in [6, 6.07) is 9.60. The zero-order valence-electron chi connectivity index (χ0n) is 11.6. The van der Waals surface area contributed by atoms with Gasteiger partial charge in [-0.1, -0.05) is 18.2 Å². The Bertz CT molecular complexity index is 427. The molecule has 19 heavy (non-hydrogen) atoms. The third-order valence-electron chi connectivity index (χ3n) is 3.67. The van der Waals surface area contributed by atoms with Crippen molar-refractivity contribution in [2.45, 2.75) is 25.3 Å². The van der Waals surface area contributed by atoms with E-state index in [1.165, 1.54) is 0 Å². The van der Waals surface area contributed by atoms with E-state index < -0.39 is 5.54 Å². The number of amides is 1. The first-order chi connectivity index (χ1) is 9.01. The van der Waals surface area contributed by atoms with Crippen molar-refractivity contribution < 1.29 is 9.53 Å². The normalized spacial score (nSPS) is 17.6. The van der Waals surface area contributed by atoms with Gasteiger partial charge in [-0.3, -0.25) is 4.79 Å². The first-order valence-electron chi connectivity index (χ1n) is 6.74. The predicted molar refractivity (Wildman–Crippen MR) is 74.9 cm³/mol. The Morgan fingerprint density at radius 3 is 2.63 bits per heavy atom. The van der Waals surface area contributed by atoms with Crippen molar-refractivity contribution in [3.05, 3.63) is 30.3 Å². The summed E-state index contributed by atoms with van der Waals surface area (Å²) in [4.78, 5) is 13.9. The lowest BCUT2D eigenvalue weighted by molar-refractivity contribution is -0.136. The summed E-state index contributed by atoms with van der Waals surface area (Å²) >= 11 is 0. The average Bonchev–Trinajstić information content (AvgIpc) is 3.23. The van der Waals surface area contributed by atoms with Crippen LogP contribution in [0.25, 0.3) is 0 Å². The summed E-state index contributed by atoms with van der Waals surface area (Å²) in [6.45, 7) is 2.86. The number of nitrogens with two attached hydrogens (primary N) is 1. The number of hydrogen-bond acceptors (Lipinski definition) is 3. The smallest absolute Gasteiger partial charge is 0.242 e. The van der Waals surface area contributed by atoms with Crippen LogP contribution in [0, 0.1) is 5.92 Å². The van der Waals surface area contributed by atoms with E-state index in [4.69, 9.17) is 10.5 Å². The lowest BCUT2D eigenvalue weighted by Crippen LogP contribution is -2.54. The van der Waals surface area contributed by atoms with E-state index in [1.807, 2.05) is 37.3 Å². The molecule has 1 aromatic rings. The topological polar surface area (TPSA) is 55.6 Å². The molecule has 0 spiro atoms. The standard InChI is InChI=1S/C15H22N2O2/c1-15(16,12-8-9-12)14(18)17(2)10-11-19-13-6-4-3-5-7-13/h3-7,12H,8-11,16H2,1-2H3. The highest BCUT2D eigenvalue weighted by Crippen LogP contribution is 2.38. The second-order valence-electron chi connectivity index (χ2n) is 5.45. The molecule has 1 aliphatic rings. The highest BCUT2D eigenvalue weighted by atomic mass is 16.5. The average molecular weight is 262 g/mol. The summed E-state index contributed by atoms with van der Waals surface area (Å²) < 4.78 is 5.58. The number of benzene rings is 1. The summed E-state index contributed by atoms with van der Waals surface area (Å²) in [5.41, 5.74) is 5.40. The van der Waals surface area contributed by atoms with Crippen molar-refractivity contribution in [1.82, 2.24) is 4.90 Å². The molecule has 0 heterocycles. The summed E-state index contributed by atoms with van der Waals surface area (Å²) in [5.74, 6) is 1.17. The Labute approximate surface area is 114 Å². The molecule has 4 heteroatoms. The summed E-state index contributed by atoms with van der Waals surface area (Å²) in [6.07, 6.45) is 2.13. The molecule has 4 nitrogen and oxygen atoms in total. The maximum Gasteiger partial charge on any atom is 0.242 e. The van der Waals surface area contributed by atoms with Gasteiger partial charge in [-0.05, 0) is 37.8 Å². The van der Waals surface area contributed by atoms with Crippen LogP contribution in [-0.4, -0.2) is 36.5 Å². The molecular weight excluding hydrogens is 240 g/mol. The minimum absolute atomic E-state index is 0.00617. The number of nitrogens with zero attached hydrogens (tertiary/aromatic N) is 1. The Hall–Kier alpha value is -1.55. The number of ether oxygens (including phenoxy) is 1. The molecule has 1 aliphatic carbocycles. The largest absolute Gasteiger partial charge is 0.492 e. The highest BCUT2D eigenvalue weighted by Gasteiger charge is 2.45. The van der Waals surface area contributed by atoms with Gasteiger partial charge in [-0.25, -0.2) is 0 Å². The van der Waals surface area contributed by atoms with E-state index >= 15 is 0 Å². The van der Waals surface area contributed by atoms with Crippen molar-refractivity contribution in [1.29, 1.82) is 0 Å². The van der Waals surface area contributed by atoms with Gasteiger partial charge in [-0.2, -0.15) is 0 Å². The number of likely N-dealkylation sites (N-methyl/N-ethyl adjacent to an activating group) is 1. The minimum Gasteiger partial charge on any atom is -0.492 e. The number of para-hydroxylation sites is 1. The van der Waals surface area contributed by atoms with E-state index in [0.717, 1.165) is 18.6 Å². The lowest BCUT2D eigenvalue weighted by Gasteiger charge is -2.29. The van der Waals surface area contributed by atoms with Crippen LogP contribution in [-0.2, 0) is 4.79 Å². The molecule has 0 aromatic heterocycles. The van der Waals surface area contributed by atoms with Gasteiger partial charge in [0, 0.05) is 7.05 Å². The van der Waals surface area contributed by atoms with Crippen LogP contribution in [0.2, 0.25) is 0 Å². The van der Waals surface area contributed by atoms with Gasteiger partial charge < -0.3 is 15.4 Å². The Kier molecular flexibility index (Phi) is 4.10. The third-order valence-corrected chi connectivity index (χ3v) is 3.67. The second-order valence-corrected chi connectivity index (χ2v) is 5.45. The number of hydrogen-bond donors (Lipinski definition) is 1. The third kappa shape index (κ3) is 3.47. The fourth-order valence-corrected chi connectivity index (χ4v) is 2.19. The van der Waals surface area contributed by atoms with Crippen molar-refractivity contribution in [2.75, 3.05) is 20.2 Å². The molecular formula is C15H22N2O2. The van der Waals surface area contributed by atoms with Crippen molar-refractivity contribution in [3.8, 4) is 5.75 Å². The van der Waals surface area contributed by atoms with Crippen LogP contribution < -0.4 is 10.5 Å². The van der Waals surface area contributed by atoms with Gasteiger partial charge in [0.1, 0.15) is 12.4 Å². The maximum absolute atomic E-state index is 12.2. The van der Waals surface area contributed by atoms with E-state index in [2.05, 4.69) is 0 Å². The van der Waals surface area contributed by atoms with Crippen LogP contribution in [0.1, 0.15) is 19.8 Å². The Balaban J connectivity index is 1.78. The fourth-order valence-electron chi connectivity index (χ4n) is 2.19. The molecule has 0 radical (unpaired) electrons. The van der Waals surface area contributed by atoms with Gasteiger partial charge in [0.2, 0.25) is 5.91 Å². The van der Waals surface area contributed by atoms with Crippen LogP contribution >= 0.6 is 0 Å². The Morgan fingerprint density at radius 2 is 2.05 bits per heavy atom. The molecule has 104 valence electrons. The first-order valence-corrected chi connectivity index (χ1v) is 6.74. The van der Waals surface area contributed by atoms with Crippen LogP contribution in [0.4, 0.5) is 0 Å². The first kappa shape index (κ1) is 13.9. The molecule has 1 saturated carbocycles. The van der Waals surface area contributed by atoms with Gasteiger partial charge in [-0.15, -0.1) is 0 Å². The molecule has 1 fully saturated rings. The van der Waals surface area contributed by atoms with Gasteiger partial charge in [0.25, 0.3) is 0 Å². The van der Waals surface area contributed by atoms with E-state index in [-0.39, 0.29) is 5.91 Å². The maximum atomic E-state index is 12.2. The van der Waals surface area contributed by atoms with E-state index in [0.29, 0.717) is 19.1 Å². The number of carbonyl (C=O) groups is 1. The van der Waals surface area contributed by atoms with Crippen LogP contribution in [0.5, 0.6) is 5.75 Å². The second kappa shape index (κ2) is 5.61. The summed E-state index contributed by atoms with van der Waals surface area (Å²) in [7, 11) is 1.78. The molecule has 2 N–H and O–H groups in total. The van der Waals surface area contributed by atoms with Crippen molar-refractivity contribution in [2.24, 2.45) is 11.7 Å². The lowest BCUT2D eigenvalue weighted by atomic mass is 9.95. The molecule has 1 unspecified atom stereocenters. The zero-order valence-corrected chi connectivity index (χ0v) is 11.6. The minimum atomic E-state index is -0.721. The number of rotatable bonds is 6. The molecule has 0 saturated heterocycles. The van der Waals surface area contributed by atoms with E-state index in [9.17, 15) is 4.79 Å². The highest BCUT2D eigenvalue weighted by molar-refractivity contribution is 5.86.